The van der Waals surface area contributed by atoms with Crippen molar-refractivity contribution in [2.24, 2.45) is 0 Å². The predicted octanol–water partition coefficient (Wildman–Crippen LogP) is 4.70. The van der Waals surface area contributed by atoms with Gasteiger partial charge in [0.2, 0.25) is 5.91 Å². The molecule has 0 spiro atoms. The van der Waals surface area contributed by atoms with Gasteiger partial charge in [-0.25, -0.2) is 14.4 Å². The third-order valence-electron chi connectivity index (χ3n) is 7.42. The van der Waals surface area contributed by atoms with E-state index in [2.05, 4.69) is 20.3 Å². The first-order valence-corrected chi connectivity index (χ1v) is 14.3. The molecule has 2 N–H and O–H groups in total. The van der Waals surface area contributed by atoms with E-state index in [4.69, 9.17) is 9.84 Å². The number of rotatable bonds is 8. The van der Waals surface area contributed by atoms with Gasteiger partial charge in [-0.3, -0.25) is 14.7 Å². The minimum absolute atomic E-state index is 0.0639. The van der Waals surface area contributed by atoms with Crippen LogP contribution in [0.1, 0.15) is 21.7 Å². The molecule has 2 aliphatic heterocycles. The maximum atomic E-state index is 13.8. The number of halogens is 1. The van der Waals surface area contributed by atoms with Gasteiger partial charge in [0.05, 0.1) is 24.7 Å². The molecule has 3 aromatic heterocycles. The van der Waals surface area contributed by atoms with Crippen LogP contribution < -0.4 is 10.1 Å². The highest BCUT2D eigenvalue weighted by atomic mass is 32.1. The number of hydrogen-bond acceptors (Lipinski definition) is 9. The molecule has 2 aliphatic rings. The Labute approximate surface area is 241 Å². The summed E-state index contributed by atoms with van der Waals surface area (Å²) in [6.45, 7) is 5.45. The molecule has 0 radical (unpaired) electrons. The Morgan fingerprint density at radius 2 is 2.07 bits per heavy atom. The molecule has 5 heterocycles. The zero-order chi connectivity index (χ0) is 28.6. The lowest BCUT2D eigenvalue weighted by Gasteiger charge is -2.42. The topological polar surface area (TPSA) is 104 Å². The van der Waals surface area contributed by atoms with E-state index in [1.165, 1.54) is 5.56 Å². The van der Waals surface area contributed by atoms with Crippen molar-refractivity contribution in [3.8, 4) is 11.5 Å². The Hall–Kier alpha value is -3.93. The maximum Gasteiger partial charge on any atom is 0.246 e. The smallest absolute Gasteiger partial charge is 0.246 e. The van der Waals surface area contributed by atoms with Gasteiger partial charge in [0.25, 0.3) is 0 Å². The summed E-state index contributed by atoms with van der Waals surface area (Å²) in [4.78, 5) is 31.9. The first-order chi connectivity index (χ1) is 19.8. The number of pyridine rings is 1. The van der Waals surface area contributed by atoms with Crippen LogP contribution in [0.3, 0.4) is 0 Å². The molecular formula is C30H31FN6O3S. The van der Waals surface area contributed by atoms with Crippen molar-refractivity contribution in [1.82, 2.24) is 24.8 Å². The maximum absolute atomic E-state index is 13.8. The lowest BCUT2D eigenvalue weighted by atomic mass is 9.98. The summed E-state index contributed by atoms with van der Waals surface area (Å²) in [5.41, 5.74) is 2.47. The van der Waals surface area contributed by atoms with Gasteiger partial charge in [-0.1, -0.05) is 6.08 Å². The van der Waals surface area contributed by atoms with Crippen molar-refractivity contribution in [2.45, 2.75) is 32.5 Å². The average molecular weight is 575 g/mol. The standard InChI is InChI=1S/C30H31FN6O3S/c1-19-12-21(6-8-24(19)40-22-7-5-20(2)32-13-22)35-28-27-23-9-11-37(14-25(23)41-29(27)34-18-33-28)26(39)4-3-10-36-15-30(31,16-36)17-38/h3-8,12-13,18,38H,9-11,14-17H2,1-2H3,(H,33,34,35)/b4-3+. The SMILES string of the molecule is Cc1ccc(Oc2ccc(Nc3ncnc4sc5c(c34)CCN(C(=O)/C=C/CN3CC(F)(CO)C3)C5)cc2C)cn1. The van der Waals surface area contributed by atoms with Crippen molar-refractivity contribution in [1.29, 1.82) is 0 Å². The highest BCUT2D eigenvalue weighted by molar-refractivity contribution is 7.19. The second kappa shape index (κ2) is 11.2. The molecule has 0 aliphatic carbocycles. The second-order valence-electron chi connectivity index (χ2n) is 10.6. The normalized spacial score (nSPS) is 16.5. The van der Waals surface area contributed by atoms with Crippen LogP contribution in [0, 0.1) is 13.8 Å². The van der Waals surface area contributed by atoms with Crippen LogP contribution in [0.15, 0.2) is 55.0 Å². The van der Waals surface area contributed by atoms with E-state index >= 15 is 0 Å². The number of alkyl halides is 1. The fraction of sp³-hybridized carbons (Fsp3) is 0.333. The molecule has 1 saturated heterocycles. The van der Waals surface area contributed by atoms with Crippen LogP contribution in [0.2, 0.25) is 0 Å². The number of thiophene rings is 1. The summed E-state index contributed by atoms with van der Waals surface area (Å²) in [5, 5.41) is 13.5. The summed E-state index contributed by atoms with van der Waals surface area (Å²) in [7, 11) is 0. The Balaban J connectivity index is 1.13. The first kappa shape index (κ1) is 27.3. The largest absolute Gasteiger partial charge is 0.455 e. The van der Waals surface area contributed by atoms with Crippen LogP contribution in [0.5, 0.6) is 11.5 Å². The number of aryl methyl sites for hydroxylation is 2. The summed E-state index contributed by atoms with van der Waals surface area (Å²) in [5.74, 6) is 2.12. The Kier molecular flexibility index (Phi) is 7.41. The van der Waals surface area contributed by atoms with E-state index in [1.54, 1.807) is 36.0 Å². The quantitative estimate of drug-likeness (QED) is 0.292. The van der Waals surface area contributed by atoms with Gasteiger partial charge < -0.3 is 20.1 Å². The van der Waals surface area contributed by atoms with Gasteiger partial charge in [0.1, 0.15) is 28.5 Å². The number of aliphatic hydroxyl groups is 1. The molecule has 1 aromatic carbocycles. The lowest BCUT2D eigenvalue weighted by Crippen LogP contribution is -2.60. The second-order valence-corrected chi connectivity index (χ2v) is 11.7. The van der Waals surface area contributed by atoms with Crippen molar-refractivity contribution in [3.05, 3.63) is 76.7 Å². The molecule has 0 atom stereocenters. The molecule has 9 nitrogen and oxygen atoms in total. The van der Waals surface area contributed by atoms with Gasteiger partial charge in [-0.05, 0) is 61.7 Å². The molecule has 0 bridgehead atoms. The van der Waals surface area contributed by atoms with Gasteiger partial charge >= 0.3 is 0 Å². The molecule has 1 fully saturated rings. The van der Waals surface area contributed by atoms with Crippen LogP contribution in [-0.4, -0.2) is 74.2 Å². The lowest BCUT2D eigenvalue weighted by molar-refractivity contribution is -0.126. The number of anilines is 2. The molecule has 1 amide bonds. The fourth-order valence-corrected chi connectivity index (χ4v) is 6.43. The van der Waals surface area contributed by atoms with Crippen molar-refractivity contribution < 1.29 is 19.0 Å². The molecular weight excluding hydrogens is 543 g/mol. The summed E-state index contributed by atoms with van der Waals surface area (Å²) >= 11 is 1.59. The molecule has 41 heavy (non-hydrogen) atoms. The van der Waals surface area contributed by atoms with Crippen LogP contribution in [0.25, 0.3) is 10.2 Å². The number of aliphatic hydroxyl groups excluding tert-OH is 1. The number of nitrogens with zero attached hydrogens (tertiary/aromatic N) is 5. The monoisotopic (exact) mass is 574 g/mol. The number of likely N-dealkylation sites (tertiary alicyclic amines) is 1. The Morgan fingerprint density at radius 3 is 2.83 bits per heavy atom. The van der Waals surface area contributed by atoms with E-state index in [1.807, 2.05) is 54.0 Å². The minimum atomic E-state index is -1.50. The van der Waals surface area contributed by atoms with Gasteiger partial charge in [-0.2, -0.15) is 0 Å². The van der Waals surface area contributed by atoms with E-state index in [-0.39, 0.29) is 19.0 Å². The molecule has 11 heteroatoms. The van der Waals surface area contributed by atoms with E-state index < -0.39 is 12.3 Å². The van der Waals surface area contributed by atoms with E-state index in [0.717, 1.165) is 43.6 Å². The van der Waals surface area contributed by atoms with Gasteiger partial charge in [-0.15, -0.1) is 11.3 Å². The number of nitrogens with one attached hydrogen (secondary N) is 1. The number of aromatic nitrogens is 3. The van der Waals surface area contributed by atoms with Crippen molar-refractivity contribution in [2.75, 3.05) is 38.1 Å². The minimum Gasteiger partial charge on any atom is -0.455 e. The average Bonchev–Trinajstić information content (AvgIpc) is 3.33. The van der Waals surface area contributed by atoms with Gasteiger partial charge in [0.15, 0.2) is 5.67 Å². The molecule has 212 valence electrons. The van der Waals surface area contributed by atoms with E-state index in [9.17, 15) is 9.18 Å². The van der Waals surface area contributed by atoms with Crippen LogP contribution in [-0.2, 0) is 17.8 Å². The number of benzene rings is 1. The number of carbonyl (C=O) groups excluding carboxylic acids is 1. The van der Waals surface area contributed by atoms with Crippen LogP contribution in [0.4, 0.5) is 15.9 Å². The number of hydrogen-bond donors (Lipinski definition) is 2. The highest BCUT2D eigenvalue weighted by Crippen LogP contribution is 2.38. The highest BCUT2D eigenvalue weighted by Gasteiger charge is 2.42. The Morgan fingerprint density at radius 1 is 1.22 bits per heavy atom. The summed E-state index contributed by atoms with van der Waals surface area (Å²) in [6, 6.07) is 9.73. The fourth-order valence-electron chi connectivity index (χ4n) is 5.22. The van der Waals surface area contributed by atoms with Crippen LogP contribution >= 0.6 is 11.3 Å². The molecule has 0 saturated carbocycles. The predicted molar refractivity (Wildman–Crippen MR) is 157 cm³/mol. The summed E-state index contributed by atoms with van der Waals surface area (Å²) in [6.07, 6.45) is 7.31. The third-order valence-corrected chi connectivity index (χ3v) is 8.54. The zero-order valence-electron chi connectivity index (χ0n) is 22.9. The zero-order valence-corrected chi connectivity index (χ0v) is 23.7. The molecule has 6 rings (SSSR count). The molecule has 0 unspecified atom stereocenters. The number of carbonyl (C=O) groups is 1. The van der Waals surface area contributed by atoms with Crippen molar-refractivity contribution in [3.63, 3.8) is 0 Å². The summed E-state index contributed by atoms with van der Waals surface area (Å²) < 4.78 is 19.9. The molecule has 4 aromatic rings. The number of ether oxygens (including phenoxy) is 1. The third kappa shape index (κ3) is 5.79. The van der Waals surface area contributed by atoms with Gasteiger partial charge in [0, 0.05) is 48.5 Å². The number of fused-ring (bicyclic) bond motifs is 3. The number of amides is 1. The first-order valence-electron chi connectivity index (χ1n) is 13.5. The van der Waals surface area contributed by atoms with Crippen molar-refractivity contribution >= 4 is 39.0 Å². The Bertz CT molecular complexity index is 1620. The van der Waals surface area contributed by atoms with E-state index in [0.29, 0.717) is 31.8 Å².